The third kappa shape index (κ3) is 3.80. The Kier molecular flexibility index (Phi) is 5.05. The highest BCUT2D eigenvalue weighted by Crippen LogP contribution is 2.18. The van der Waals surface area contributed by atoms with E-state index in [1.807, 2.05) is 6.92 Å². The molecule has 3 amide bonds. The van der Waals surface area contributed by atoms with E-state index in [2.05, 4.69) is 5.32 Å². The molecule has 0 saturated carbocycles. The normalized spacial score (nSPS) is 9.79. The van der Waals surface area contributed by atoms with E-state index in [1.54, 1.807) is 18.2 Å². The quantitative estimate of drug-likeness (QED) is 0.619. The summed E-state index contributed by atoms with van der Waals surface area (Å²) >= 11 is 0. The monoisotopic (exact) mass is 263 g/mol. The van der Waals surface area contributed by atoms with Gasteiger partial charge in [0, 0.05) is 19.2 Å². The molecule has 102 valence electrons. The highest BCUT2D eigenvalue weighted by molar-refractivity contribution is 6.45. The lowest BCUT2D eigenvalue weighted by molar-refractivity contribution is -0.139. The molecular weight excluding hydrogens is 246 g/mol. The Morgan fingerprint density at radius 2 is 2.00 bits per heavy atom. The molecule has 0 bridgehead atoms. The fraction of sp³-hybridized carbons (Fsp3) is 0.308. The van der Waals surface area contributed by atoms with Gasteiger partial charge in [0.1, 0.15) is 0 Å². The maximum atomic E-state index is 12.0. The minimum atomic E-state index is -0.911. The average Bonchev–Trinajstić information content (AvgIpc) is 2.35. The van der Waals surface area contributed by atoms with Crippen molar-refractivity contribution < 1.29 is 14.4 Å². The van der Waals surface area contributed by atoms with Crippen LogP contribution >= 0.6 is 0 Å². The van der Waals surface area contributed by atoms with Crippen LogP contribution in [0.25, 0.3) is 0 Å². The number of carbonyl (C=O) groups excluding carboxylic acids is 3. The van der Waals surface area contributed by atoms with Crippen molar-refractivity contribution in [1.29, 1.82) is 0 Å². The molecule has 0 fully saturated rings. The van der Waals surface area contributed by atoms with Gasteiger partial charge in [0.05, 0.1) is 5.69 Å². The lowest BCUT2D eigenvalue weighted by Gasteiger charge is -2.18. The van der Waals surface area contributed by atoms with Crippen LogP contribution < -0.4 is 16.0 Å². The van der Waals surface area contributed by atoms with Gasteiger partial charge in [-0.1, -0.05) is 13.0 Å². The Labute approximate surface area is 111 Å². The minimum Gasteiger partial charge on any atom is -0.399 e. The summed E-state index contributed by atoms with van der Waals surface area (Å²) in [7, 11) is 0. The molecule has 0 saturated heterocycles. The predicted octanol–water partition coefficient (Wildman–Crippen LogP) is 0.674. The van der Waals surface area contributed by atoms with Gasteiger partial charge in [-0.25, -0.2) is 4.90 Å². The van der Waals surface area contributed by atoms with E-state index in [0.29, 0.717) is 18.7 Å². The van der Waals surface area contributed by atoms with Crippen molar-refractivity contribution in [3.05, 3.63) is 24.3 Å². The number of benzene rings is 1. The van der Waals surface area contributed by atoms with Gasteiger partial charge in [-0.15, -0.1) is 0 Å². The SMILES string of the molecule is CCCNC(=O)C(=O)N(C(C)=O)c1cccc(N)c1. The molecule has 0 atom stereocenters. The van der Waals surface area contributed by atoms with E-state index in [1.165, 1.54) is 13.0 Å². The second-order valence-corrected chi connectivity index (χ2v) is 4.01. The number of nitrogens with two attached hydrogens (primary N) is 1. The Morgan fingerprint density at radius 3 is 2.53 bits per heavy atom. The first-order chi connectivity index (χ1) is 8.97. The number of nitrogen functional groups attached to an aromatic ring is 1. The number of nitrogens with one attached hydrogen (secondary N) is 1. The Bertz CT molecular complexity index is 500. The van der Waals surface area contributed by atoms with E-state index >= 15 is 0 Å². The molecule has 1 aromatic rings. The Balaban J connectivity index is 2.98. The van der Waals surface area contributed by atoms with Crippen LogP contribution in [0.5, 0.6) is 0 Å². The zero-order valence-corrected chi connectivity index (χ0v) is 11.0. The standard InChI is InChI=1S/C13H17N3O3/c1-3-7-15-12(18)13(19)16(9(2)17)11-6-4-5-10(14)8-11/h4-6,8H,3,7,14H2,1-2H3,(H,15,18). The number of carbonyl (C=O) groups is 3. The summed E-state index contributed by atoms with van der Waals surface area (Å²) in [5.41, 5.74) is 6.29. The van der Waals surface area contributed by atoms with Crippen molar-refractivity contribution in [3.8, 4) is 0 Å². The lowest BCUT2D eigenvalue weighted by Crippen LogP contribution is -2.45. The van der Waals surface area contributed by atoms with Crippen molar-refractivity contribution in [2.45, 2.75) is 20.3 Å². The van der Waals surface area contributed by atoms with E-state index < -0.39 is 17.7 Å². The molecule has 6 nitrogen and oxygen atoms in total. The number of hydrogen-bond acceptors (Lipinski definition) is 4. The first kappa shape index (κ1) is 14.7. The van der Waals surface area contributed by atoms with E-state index in [9.17, 15) is 14.4 Å². The summed E-state index contributed by atoms with van der Waals surface area (Å²) in [6.45, 7) is 3.47. The van der Waals surface area contributed by atoms with Crippen LogP contribution in [0.15, 0.2) is 24.3 Å². The van der Waals surface area contributed by atoms with Crippen LogP contribution in [-0.2, 0) is 14.4 Å². The molecule has 1 rings (SSSR count). The molecule has 0 heterocycles. The summed E-state index contributed by atoms with van der Waals surface area (Å²) in [6.07, 6.45) is 0.706. The second-order valence-electron chi connectivity index (χ2n) is 4.01. The third-order valence-corrected chi connectivity index (χ3v) is 2.38. The summed E-state index contributed by atoms with van der Waals surface area (Å²) in [4.78, 5) is 35.9. The number of rotatable bonds is 3. The molecule has 0 aliphatic rings. The summed E-state index contributed by atoms with van der Waals surface area (Å²) in [5, 5.41) is 2.44. The van der Waals surface area contributed by atoms with Crippen molar-refractivity contribution in [3.63, 3.8) is 0 Å². The fourth-order valence-corrected chi connectivity index (χ4v) is 1.52. The van der Waals surface area contributed by atoms with Crippen LogP contribution in [0, 0.1) is 0 Å². The van der Waals surface area contributed by atoms with E-state index in [4.69, 9.17) is 5.73 Å². The van der Waals surface area contributed by atoms with Gasteiger partial charge in [-0.05, 0) is 24.6 Å². The number of hydrogen-bond donors (Lipinski definition) is 2. The van der Waals surface area contributed by atoms with Gasteiger partial charge in [0.2, 0.25) is 5.91 Å². The number of anilines is 2. The van der Waals surface area contributed by atoms with Crippen molar-refractivity contribution in [1.82, 2.24) is 5.32 Å². The van der Waals surface area contributed by atoms with Crippen LogP contribution in [0.1, 0.15) is 20.3 Å². The molecule has 0 aliphatic heterocycles. The fourth-order valence-electron chi connectivity index (χ4n) is 1.52. The molecule has 0 spiro atoms. The first-order valence-corrected chi connectivity index (χ1v) is 5.95. The topological polar surface area (TPSA) is 92.5 Å². The van der Waals surface area contributed by atoms with Crippen LogP contribution in [0.4, 0.5) is 11.4 Å². The zero-order chi connectivity index (χ0) is 14.4. The molecule has 3 N–H and O–H groups in total. The predicted molar refractivity (Wildman–Crippen MR) is 72.3 cm³/mol. The first-order valence-electron chi connectivity index (χ1n) is 5.95. The van der Waals surface area contributed by atoms with Crippen LogP contribution in [-0.4, -0.2) is 24.3 Å². The number of nitrogens with zero attached hydrogens (tertiary/aromatic N) is 1. The molecule has 0 aliphatic carbocycles. The molecule has 0 unspecified atom stereocenters. The molecule has 19 heavy (non-hydrogen) atoms. The third-order valence-electron chi connectivity index (χ3n) is 2.38. The Hall–Kier alpha value is -2.37. The minimum absolute atomic E-state index is 0.282. The van der Waals surface area contributed by atoms with Crippen LogP contribution in [0.3, 0.4) is 0 Å². The second kappa shape index (κ2) is 6.53. The number of imide groups is 1. The summed E-state index contributed by atoms with van der Waals surface area (Å²) in [6, 6.07) is 6.25. The smallest absolute Gasteiger partial charge is 0.323 e. The van der Waals surface area contributed by atoms with Gasteiger partial charge in [0.15, 0.2) is 0 Å². The molecule has 6 heteroatoms. The largest absolute Gasteiger partial charge is 0.399 e. The van der Waals surface area contributed by atoms with Crippen molar-refractivity contribution in [2.75, 3.05) is 17.2 Å². The molecular formula is C13H17N3O3. The number of amides is 3. The molecule has 0 radical (unpaired) electrons. The van der Waals surface area contributed by atoms with E-state index in [-0.39, 0.29) is 5.69 Å². The van der Waals surface area contributed by atoms with Crippen molar-refractivity contribution >= 4 is 29.1 Å². The van der Waals surface area contributed by atoms with E-state index in [0.717, 1.165) is 4.90 Å². The van der Waals surface area contributed by atoms with Gasteiger partial charge in [-0.3, -0.25) is 14.4 Å². The molecule has 1 aromatic carbocycles. The van der Waals surface area contributed by atoms with Gasteiger partial charge in [-0.2, -0.15) is 0 Å². The van der Waals surface area contributed by atoms with Crippen LogP contribution in [0.2, 0.25) is 0 Å². The maximum Gasteiger partial charge on any atom is 0.323 e. The lowest BCUT2D eigenvalue weighted by atomic mass is 10.2. The average molecular weight is 263 g/mol. The van der Waals surface area contributed by atoms with Gasteiger partial charge < -0.3 is 11.1 Å². The molecule has 0 aromatic heterocycles. The van der Waals surface area contributed by atoms with Gasteiger partial charge in [0.25, 0.3) is 0 Å². The highest BCUT2D eigenvalue weighted by atomic mass is 16.2. The highest BCUT2D eigenvalue weighted by Gasteiger charge is 2.26. The zero-order valence-electron chi connectivity index (χ0n) is 11.0. The van der Waals surface area contributed by atoms with Gasteiger partial charge >= 0.3 is 11.8 Å². The maximum absolute atomic E-state index is 12.0. The summed E-state index contributed by atoms with van der Waals surface area (Å²) in [5.74, 6) is -2.26. The Morgan fingerprint density at radius 1 is 1.32 bits per heavy atom. The summed E-state index contributed by atoms with van der Waals surface area (Å²) < 4.78 is 0. The van der Waals surface area contributed by atoms with Crippen molar-refractivity contribution in [2.24, 2.45) is 0 Å².